The van der Waals surface area contributed by atoms with Crippen LogP contribution in [-0.4, -0.2) is 5.78 Å². The second-order valence-electron chi connectivity index (χ2n) is 3.93. The molecule has 0 aliphatic heterocycles. The third kappa shape index (κ3) is 8.34. The van der Waals surface area contributed by atoms with Gasteiger partial charge < -0.3 is 0 Å². The number of hydrogen-bond acceptors (Lipinski definition) is 1. The molecule has 88 valence electrons. The highest BCUT2D eigenvalue weighted by atomic mass is 19.1. The largest absolute Gasteiger partial charge is 0.292 e. The summed E-state index contributed by atoms with van der Waals surface area (Å²) in [6.07, 6.45) is 8.61. The quantitative estimate of drug-likeness (QED) is 0.406. The minimum atomic E-state index is -0.528. The molecule has 0 rings (SSSR count). The van der Waals surface area contributed by atoms with Crippen LogP contribution in [0, 0.1) is 0 Å². The summed E-state index contributed by atoms with van der Waals surface area (Å²) in [5.74, 6) is -0.845. The second-order valence-corrected chi connectivity index (χ2v) is 3.93. The first-order chi connectivity index (χ1) is 7.22. The first-order valence-corrected chi connectivity index (χ1v) is 6.11. The molecule has 0 bridgehead atoms. The molecule has 0 fully saturated rings. The molecule has 0 amide bonds. The summed E-state index contributed by atoms with van der Waals surface area (Å²) in [4.78, 5) is 11.3. The Morgan fingerprint density at radius 1 is 1.07 bits per heavy atom. The molecule has 0 aromatic rings. The van der Waals surface area contributed by atoms with Crippen LogP contribution in [0.2, 0.25) is 0 Å². The SMILES string of the molecule is CCCC/C=C(\F)C(=O)CCCCCC. The van der Waals surface area contributed by atoms with Gasteiger partial charge in [0.15, 0.2) is 11.6 Å². The molecule has 1 nitrogen and oxygen atoms in total. The van der Waals surface area contributed by atoms with E-state index in [1.807, 2.05) is 0 Å². The molecule has 0 unspecified atom stereocenters. The predicted octanol–water partition coefficient (Wildman–Crippen LogP) is 4.57. The number of carbonyl (C=O) groups excluding carboxylic acids is 1. The fraction of sp³-hybridized carbons (Fsp3) is 0.769. The molecular weight excluding hydrogens is 191 g/mol. The van der Waals surface area contributed by atoms with Crippen LogP contribution in [0.3, 0.4) is 0 Å². The van der Waals surface area contributed by atoms with E-state index < -0.39 is 5.83 Å². The van der Waals surface area contributed by atoms with E-state index in [0.717, 1.165) is 38.5 Å². The van der Waals surface area contributed by atoms with Gasteiger partial charge in [-0.1, -0.05) is 39.5 Å². The molecule has 2 heteroatoms. The number of hydrogen-bond donors (Lipinski definition) is 0. The Hall–Kier alpha value is -0.660. The van der Waals surface area contributed by atoms with Crippen LogP contribution in [0.25, 0.3) is 0 Å². The lowest BCUT2D eigenvalue weighted by atomic mass is 10.1. The number of allylic oxidation sites excluding steroid dienone is 2. The fourth-order valence-electron chi connectivity index (χ4n) is 1.38. The van der Waals surface area contributed by atoms with Crippen LogP contribution in [0.5, 0.6) is 0 Å². The first kappa shape index (κ1) is 14.3. The molecule has 0 aromatic carbocycles. The lowest BCUT2D eigenvalue weighted by Gasteiger charge is -1.98. The van der Waals surface area contributed by atoms with Gasteiger partial charge in [0.25, 0.3) is 0 Å². The fourth-order valence-corrected chi connectivity index (χ4v) is 1.38. The monoisotopic (exact) mass is 214 g/mol. The number of halogens is 1. The highest BCUT2D eigenvalue weighted by molar-refractivity contribution is 5.93. The van der Waals surface area contributed by atoms with E-state index >= 15 is 0 Å². The Morgan fingerprint density at radius 2 is 1.73 bits per heavy atom. The van der Waals surface area contributed by atoms with Crippen LogP contribution in [-0.2, 0) is 4.79 Å². The summed E-state index contributed by atoms with van der Waals surface area (Å²) in [6, 6.07) is 0. The average molecular weight is 214 g/mol. The average Bonchev–Trinajstić information content (AvgIpc) is 2.24. The molecule has 0 heterocycles. The Balaban J connectivity index is 3.63. The van der Waals surface area contributed by atoms with Crippen LogP contribution in [0.4, 0.5) is 4.39 Å². The van der Waals surface area contributed by atoms with Gasteiger partial charge in [0.05, 0.1) is 0 Å². The summed E-state index contributed by atoms with van der Waals surface area (Å²) in [5, 5.41) is 0. The van der Waals surface area contributed by atoms with Crippen molar-refractivity contribution >= 4 is 5.78 Å². The Morgan fingerprint density at radius 3 is 2.33 bits per heavy atom. The summed E-state index contributed by atoms with van der Waals surface area (Å²) >= 11 is 0. The van der Waals surface area contributed by atoms with E-state index in [2.05, 4.69) is 13.8 Å². The molecule has 0 spiro atoms. The van der Waals surface area contributed by atoms with E-state index in [4.69, 9.17) is 0 Å². The molecule has 0 saturated heterocycles. The number of rotatable bonds is 9. The van der Waals surface area contributed by atoms with Crippen molar-refractivity contribution in [2.24, 2.45) is 0 Å². The molecule has 0 radical (unpaired) electrons. The van der Waals surface area contributed by atoms with Gasteiger partial charge in [0.1, 0.15) is 0 Å². The smallest absolute Gasteiger partial charge is 0.190 e. The maximum atomic E-state index is 13.1. The first-order valence-electron chi connectivity index (χ1n) is 6.11. The van der Waals surface area contributed by atoms with Crippen molar-refractivity contribution in [1.29, 1.82) is 0 Å². The molecule has 0 saturated carbocycles. The standard InChI is InChI=1S/C13H23FO/c1-3-5-7-9-11-13(15)12(14)10-8-6-4-2/h10H,3-9,11H2,1-2H3/b12-10-. The molecular formula is C13H23FO. The maximum Gasteiger partial charge on any atom is 0.190 e. The van der Waals surface area contributed by atoms with Crippen molar-refractivity contribution in [2.45, 2.75) is 65.2 Å². The molecule has 0 atom stereocenters. The van der Waals surface area contributed by atoms with Crippen LogP contribution >= 0.6 is 0 Å². The van der Waals surface area contributed by atoms with Crippen molar-refractivity contribution in [3.8, 4) is 0 Å². The third-order valence-electron chi connectivity index (χ3n) is 2.40. The maximum absolute atomic E-state index is 13.1. The molecule has 15 heavy (non-hydrogen) atoms. The Bertz CT molecular complexity index is 197. The van der Waals surface area contributed by atoms with Gasteiger partial charge in [-0.25, -0.2) is 4.39 Å². The van der Waals surface area contributed by atoms with Crippen molar-refractivity contribution in [3.05, 3.63) is 11.9 Å². The van der Waals surface area contributed by atoms with Gasteiger partial charge in [-0.3, -0.25) is 4.79 Å². The van der Waals surface area contributed by atoms with E-state index in [1.165, 1.54) is 6.08 Å². The number of ketones is 1. The van der Waals surface area contributed by atoms with Crippen LogP contribution in [0.1, 0.15) is 65.2 Å². The van der Waals surface area contributed by atoms with E-state index in [9.17, 15) is 9.18 Å². The van der Waals surface area contributed by atoms with E-state index in [0.29, 0.717) is 12.8 Å². The lowest BCUT2D eigenvalue weighted by molar-refractivity contribution is -0.117. The zero-order valence-corrected chi connectivity index (χ0v) is 10.0. The number of carbonyl (C=O) groups is 1. The molecule has 0 N–H and O–H groups in total. The van der Waals surface area contributed by atoms with Gasteiger partial charge in [-0.15, -0.1) is 0 Å². The van der Waals surface area contributed by atoms with Crippen LogP contribution in [0.15, 0.2) is 11.9 Å². The summed E-state index contributed by atoms with van der Waals surface area (Å²) in [6.45, 7) is 4.17. The molecule has 0 aromatic heterocycles. The zero-order valence-electron chi connectivity index (χ0n) is 10.0. The van der Waals surface area contributed by atoms with E-state index in [1.54, 1.807) is 0 Å². The highest BCUT2D eigenvalue weighted by Gasteiger charge is 2.07. The Kier molecular flexibility index (Phi) is 9.44. The van der Waals surface area contributed by atoms with Gasteiger partial charge in [0, 0.05) is 6.42 Å². The van der Waals surface area contributed by atoms with Crippen LogP contribution < -0.4 is 0 Å². The predicted molar refractivity (Wildman–Crippen MR) is 62.5 cm³/mol. The number of Topliss-reactive ketones (excluding diaryl/α,β-unsaturated/α-hetero) is 1. The number of unbranched alkanes of at least 4 members (excludes halogenated alkanes) is 5. The summed E-state index contributed by atoms with van der Waals surface area (Å²) in [7, 11) is 0. The third-order valence-corrected chi connectivity index (χ3v) is 2.40. The Labute approximate surface area is 92.8 Å². The molecule has 0 aliphatic carbocycles. The highest BCUT2D eigenvalue weighted by Crippen LogP contribution is 2.10. The van der Waals surface area contributed by atoms with Gasteiger partial charge in [-0.05, 0) is 25.3 Å². The molecule has 0 aliphatic rings. The minimum absolute atomic E-state index is 0.317. The second kappa shape index (κ2) is 9.88. The zero-order chi connectivity index (χ0) is 11.5. The van der Waals surface area contributed by atoms with E-state index in [-0.39, 0.29) is 5.78 Å². The van der Waals surface area contributed by atoms with Gasteiger partial charge >= 0.3 is 0 Å². The van der Waals surface area contributed by atoms with Crippen molar-refractivity contribution in [1.82, 2.24) is 0 Å². The van der Waals surface area contributed by atoms with Gasteiger partial charge in [0.2, 0.25) is 0 Å². The lowest BCUT2D eigenvalue weighted by Crippen LogP contribution is -1.98. The summed E-state index contributed by atoms with van der Waals surface area (Å²) in [5.41, 5.74) is 0. The topological polar surface area (TPSA) is 17.1 Å². The van der Waals surface area contributed by atoms with Crippen molar-refractivity contribution in [3.63, 3.8) is 0 Å². The van der Waals surface area contributed by atoms with Crippen molar-refractivity contribution in [2.75, 3.05) is 0 Å². The normalized spacial score (nSPS) is 11.8. The van der Waals surface area contributed by atoms with Gasteiger partial charge in [-0.2, -0.15) is 0 Å². The minimum Gasteiger partial charge on any atom is -0.292 e. The van der Waals surface area contributed by atoms with Crippen molar-refractivity contribution < 1.29 is 9.18 Å². The summed E-state index contributed by atoms with van der Waals surface area (Å²) < 4.78 is 13.1.